The Hall–Kier alpha value is -1.63. The first-order valence-electron chi connectivity index (χ1n) is 7.88. The van der Waals surface area contributed by atoms with Gasteiger partial charge in [0.2, 0.25) is 5.91 Å². The minimum atomic E-state index is -1.16. The van der Waals surface area contributed by atoms with E-state index in [9.17, 15) is 14.7 Å². The average molecular weight is 398 g/mol. The van der Waals surface area contributed by atoms with Crippen molar-refractivity contribution in [3.63, 3.8) is 0 Å². The summed E-state index contributed by atoms with van der Waals surface area (Å²) in [4.78, 5) is 28.1. The van der Waals surface area contributed by atoms with Crippen molar-refractivity contribution in [3.8, 4) is 11.3 Å². The number of hydrogen-bond acceptors (Lipinski definition) is 5. The van der Waals surface area contributed by atoms with Crippen LogP contribution >= 0.6 is 34.5 Å². The lowest BCUT2D eigenvalue weighted by Gasteiger charge is -2.30. The van der Waals surface area contributed by atoms with Crippen LogP contribution in [0.2, 0.25) is 10.0 Å². The van der Waals surface area contributed by atoms with Crippen LogP contribution in [0.4, 0.5) is 5.13 Å². The lowest BCUT2D eigenvalue weighted by molar-refractivity contribution is -0.313. The zero-order chi connectivity index (χ0) is 18.0. The summed E-state index contributed by atoms with van der Waals surface area (Å²) in [6.45, 7) is 0. The second kappa shape index (κ2) is 7.72. The molecule has 1 aliphatic carbocycles. The van der Waals surface area contributed by atoms with Gasteiger partial charge in [0, 0.05) is 28.7 Å². The topological polar surface area (TPSA) is 82.1 Å². The zero-order valence-electron chi connectivity index (χ0n) is 13.1. The third-order valence-electron chi connectivity index (χ3n) is 4.36. The van der Waals surface area contributed by atoms with Gasteiger partial charge in [-0.05, 0) is 25.0 Å². The summed E-state index contributed by atoms with van der Waals surface area (Å²) >= 11 is 13.2. The maximum absolute atomic E-state index is 12.5. The Bertz CT molecular complexity index is 809. The number of aromatic nitrogens is 1. The van der Waals surface area contributed by atoms with E-state index in [1.54, 1.807) is 23.6 Å². The second-order valence-electron chi connectivity index (χ2n) is 5.97. The van der Waals surface area contributed by atoms with Crippen molar-refractivity contribution in [2.24, 2.45) is 11.8 Å². The molecule has 2 atom stereocenters. The molecule has 1 saturated carbocycles. The van der Waals surface area contributed by atoms with Crippen LogP contribution in [0.3, 0.4) is 0 Å². The molecule has 2 aromatic rings. The molecule has 1 heterocycles. The molecule has 1 aromatic carbocycles. The lowest BCUT2D eigenvalue weighted by atomic mass is 9.79. The van der Waals surface area contributed by atoms with E-state index in [1.165, 1.54) is 11.3 Å². The molecule has 1 amide bonds. The number of rotatable bonds is 4. The van der Waals surface area contributed by atoms with Gasteiger partial charge in [0.25, 0.3) is 0 Å². The number of aliphatic carboxylic acids is 1. The van der Waals surface area contributed by atoms with Crippen molar-refractivity contribution >= 4 is 51.5 Å². The number of carbonyl (C=O) groups excluding carboxylic acids is 2. The SMILES string of the molecule is O=C([O-])[C@@H]1CCCC[C@H]1C(=O)Nc1nc(-c2ccc(Cl)c(Cl)c2)cs1. The fourth-order valence-electron chi connectivity index (χ4n) is 3.04. The number of carbonyl (C=O) groups is 2. The lowest BCUT2D eigenvalue weighted by Crippen LogP contribution is -2.42. The minimum Gasteiger partial charge on any atom is -0.550 e. The van der Waals surface area contributed by atoms with Crippen LogP contribution in [0.5, 0.6) is 0 Å². The summed E-state index contributed by atoms with van der Waals surface area (Å²) in [6.07, 6.45) is 2.68. The summed E-state index contributed by atoms with van der Waals surface area (Å²) < 4.78 is 0. The molecule has 3 rings (SSSR count). The summed E-state index contributed by atoms with van der Waals surface area (Å²) in [5, 5.41) is 17.1. The van der Waals surface area contributed by atoms with Crippen LogP contribution in [-0.4, -0.2) is 16.9 Å². The highest BCUT2D eigenvalue weighted by molar-refractivity contribution is 7.14. The van der Waals surface area contributed by atoms with Crippen LogP contribution in [0.25, 0.3) is 11.3 Å². The van der Waals surface area contributed by atoms with Crippen LogP contribution in [-0.2, 0) is 9.59 Å². The summed E-state index contributed by atoms with van der Waals surface area (Å²) in [5.74, 6) is -2.78. The van der Waals surface area contributed by atoms with Crippen LogP contribution < -0.4 is 10.4 Å². The summed E-state index contributed by atoms with van der Waals surface area (Å²) in [6, 6.07) is 5.18. The predicted molar refractivity (Wildman–Crippen MR) is 96.7 cm³/mol. The van der Waals surface area contributed by atoms with Crippen LogP contribution in [0.15, 0.2) is 23.6 Å². The molecular formula is C17H15Cl2N2O3S-. The molecule has 1 fully saturated rings. The Kier molecular flexibility index (Phi) is 5.61. The quantitative estimate of drug-likeness (QED) is 0.853. The maximum Gasteiger partial charge on any atom is 0.229 e. The molecule has 8 heteroatoms. The van der Waals surface area contributed by atoms with E-state index < -0.39 is 17.8 Å². The van der Waals surface area contributed by atoms with Crippen molar-refractivity contribution in [2.75, 3.05) is 5.32 Å². The molecule has 25 heavy (non-hydrogen) atoms. The highest BCUT2D eigenvalue weighted by Crippen LogP contribution is 2.33. The van der Waals surface area contributed by atoms with Crippen molar-refractivity contribution in [1.82, 2.24) is 4.98 Å². The van der Waals surface area contributed by atoms with Crippen molar-refractivity contribution < 1.29 is 14.7 Å². The highest BCUT2D eigenvalue weighted by Gasteiger charge is 2.32. The fourth-order valence-corrected chi connectivity index (χ4v) is 4.06. The molecule has 0 spiro atoms. The van der Waals surface area contributed by atoms with E-state index in [1.807, 2.05) is 0 Å². The molecule has 0 saturated heterocycles. The van der Waals surface area contributed by atoms with Gasteiger partial charge < -0.3 is 15.2 Å². The zero-order valence-corrected chi connectivity index (χ0v) is 15.5. The molecule has 5 nitrogen and oxygen atoms in total. The molecule has 1 aromatic heterocycles. The first kappa shape index (κ1) is 18.2. The highest BCUT2D eigenvalue weighted by atomic mass is 35.5. The van der Waals surface area contributed by atoms with E-state index >= 15 is 0 Å². The van der Waals surface area contributed by atoms with Gasteiger partial charge >= 0.3 is 0 Å². The Labute approximate surface area is 159 Å². The first-order valence-corrected chi connectivity index (χ1v) is 9.52. The maximum atomic E-state index is 12.5. The minimum absolute atomic E-state index is 0.316. The van der Waals surface area contributed by atoms with Crippen molar-refractivity contribution in [3.05, 3.63) is 33.6 Å². The van der Waals surface area contributed by atoms with Gasteiger partial charge in [-0.1, -0.05) is 42.1 Å². The van der Waals surface area contributed by atoms with Gasteiger partial charge in [-0.3, -0.25) is 4.79 Å². The summed E-state index contributed by atoms with van der Waals surface area (Å²) in [7, 11) is 0. The number of anilines is 1. The Balaban J connectivity index is 1.73. The number of hydrogen-bond donors (Lipinski definition) is 1. The average Bonchev–Trinajstić information content (AvgIpc) is 3.05. The van der Waals surface area contributed by atoms with E-state index in [0.717, 1.165) is 18.4 Å². The molecule has 0 bridgehead atoms. The molecule has 1 N–H and O–H groups in total. The smallest absolute Gasteiger partial charge is 0.229 e. The van der Waals surface area contributed by atoms with Gasteiger partial charge in [0.1, 0.15) is 0 Å². The van der Waals surface area contributed by atoms with E-state index in [2.05, 4.69) is 10.3 Å². The number of carboxylic acids is 1. The third-order valence-corrected chi connectivity index (χ3v) is 5.85. The van der Waals surface area contributed by atoms with Crippen LogP contribution in [0.1, 0.15) is 25.7 Å². The standard InChI is InChI=1S/C17H16Cl2N2O3S/c18-12-6-5-9(7-13(12)19)14-8-25-17(20-14)21-15(22)10-3-1-2-4-11(10)16(23)24/h5-8,10-11H,1-4H2,(H,23,24)(H,20,21,22)/p-1/t10-,11-/m1/s1. The van der Waals surface area contributed by atoms with E-state index in [4.69, 9.17) is 23.2 Å². The number of amides is 1. The molecule has 0 aliphatic heterocycles. The second-order valence-corrected chi connectivity index (χ2v) is 7.65. The fraction of sp³-hybridized carbons (Fsp3) is 0.353. The van der Waals surface area contributed by atoms with Gasteiger partial charge in [-0.15, -0.1) is 11.3 Å². The van der Waals surface area contributed by atoms with Crippen molar-refractivity contribution in [1.29, 1.82) is 0 Å². The van der Waals surface area contributed by atoms with Crippen molar-refractivity contribution in [2.45, 2.75) is 25.7 Å². The number of carboxylic acid groups (broad SMARTS) is 1. The van der Waals surface area contributed by atoms with Gasteiger partial charge in [-0.25, -0.2) is 4.98 Å². The van der Waals surface area contributed by atoms with E-state index in [-0.39, 0.29) is 5.91 Å². The molecular weight excluding hydrogens is 383 g/mol. The van der Waals surface area contributed by atoms with E-state index in [0.29, 0.717) is 33.7 Å². The van der Waals surface area contributed by atoms with Crippen LogP contribution in [0, 0.1) is 11.8 Å². The number of benzene rings is 1. The number of nitrogens with one attached hydrogen (secondary N) is 1. The van der Waals surface area contributed by atoms with Gasteiger partial charge in [-0.2, -0.15) is 0 Å². The summed E-state index contributed by atoms with van der Waals surface area (Å²) in [5.41, 5.74) is 1.45. The number of nitrogens with zero attached hydrogens (tertiary/aromatic N) is 1. The van der Waals surface area contributed by atoms with Gasteiger partial charge in [0.15, 0.2) is 5.13 Å². The monoisotopic (exact) mass is 397 g/mol. The third kappa shape index (κ3) is 4.14. The normalized spacial score (nSPS) is 20.2. The molecule has 0 unspecified atom stereocenters. The first-order chi connectivity index (χ1) is 12.0. The molecule has 132 valence electrons. The molecule has 0 radical (unpaired) electrons. The Morgan fingerprint density at radius 2 is 1.88 bits per heavy atom. The molecule has 1 aliphatic rings. The van der Waals surface area contributed by atoms with Gasteiger partial charge in [0.05, 0.1) is 15.7 Å². The number of halogens is 2. The largest absolute Gasteiger partial charge is 0.550 e. The predicted octanol–water partition coefficient (Wildman–Crippen LogP) is 3.61. The Morgan fingerprint density at radius 1 is 1.16 bits per heavy atom. The number of thiazole rings is 1. The Morgan fingerprint density at radius 3 is 2.56 bits per heavy atom.